The van der Waals surface area contributed by atoms with Gasteiger partial charge in [0, 0.05) is 6.54 Å². The SMILES string of the molecule is NCCCCC1=CCNCC1. The number of unbranched alkanes of at least 4 members (excludes halogenated alkanes) is 1. The molecule has 0 unspecified atom stereocenters. The molecule has 0 aromatic carbocycles. The van der Waals surface area contributed by atoms with Crippen LogP contribution < -0.4 is 11.1 Å². The smallest absolute Gasteiger partial charge is 0.0137 e. The lowest BCUT2D eigenvalue weighted by Gasteiger charge is -2.13. The van der Waals surface area contributed by atoms with Crippen LogP contribution in [0.4, 0.5) is 0 Å². The second-order valence-corrected chi connectivity index (χ2v) is 3.06. The van der Waals surface area contributed by atoms with Gasteiger partial charge in [-0.05, 0) is 38.8 Å². The van der Waals surface area contributed by atoms with Crippen LogP contribution in [-0.2, 0) is 0 Å². The molecule has 0 atom stereocenters. The lowest BCUT2D eigenvalue weighted by molar-refractivity contribution is 0.652. The van der Waals surface area contributed by atoms with Crippen LogP contribution in [0.25, 0.3) is 0 Å². The Bertz CT molecular complexity index is 130. The van der Waals surface area contributed by atoms with Gasteiger partial charge in [0.05, 0.1) is 0 Å². The van der Waals surface area contributed by atoms with Gasteiger partial charge in [-0.25, -0.2) is 0 Å². The molecular formula is C9H18N2. The second kappa shape index (κ2) is 5.33. The first-order valence-corrected chi connectivity index (χ1v) is 4.52. The summed E-state index contributed by atoms with van der Waals surface area (Å²) in [6, 6.07) is 0. The Hall–Kier alpha value is -0.340. The van der Waals surface area contributed by atoms with Crippen LogP contribution in [0.2, 0.25) is 0 Å². The van der Waals surface area contributed by atoms with E-state index >= 15 is 0 Å². The zero-order valence-electron chi connectivity index (χ0n) is 7.10. The molecule has 0 aliphatic carbocycles. The van der Waals surface area contributed by atoms with Gasteiger partial charge in [-0.1, -0.05) is 11.6 Å². The minimum absolute atomic E-state index is 0.839. The molecule has 11 heavy (non-hydrogen) atoms. The van der Waals surface area contributed by atoms with Gasteiger partial charge in [0.25, 0.3) is 0 Å². The van der Waals surface area contributed by atoms with Gasteiger partial charge in [-0.15, -0.1) is 0 Å². The quantitative estimate of drug-likeness (QED) is 0.469. The molecule has 0 amide bonds. The summed E-state index contributed by atoms with van der Waals surface area (Å²) in [6.45, 7) is 3.07. The van der Waals surface area contributed by atoms with Gasteiger partial charge in [0.15, 0.2) is 0 Å². The maximum atomic E-state index is 5.41. The molecule has 3 N–H and O–H groups in total. The number of rotatable bonds is 4. The van der Waals surface area contributed by atoms with E-state index in [0.29, 0.717) is 0 Å². The van der Waals surface area contributed by atoms with Crippen LogP contribution in [0.3, 0.4) is 0 Å². The maximum Gasteiger partial charge on any atom is 0.0137 e. The largest absolute Gasteiger partial charge is 0.330 e. The van der Waals surface area contributed by atoms with E-state index < -0.39 is 0 Å². The Kier molecular flexibility index (Phi) is 4.24. The molecule has 1 aliphatic rings. The molecule has 0 radical (unpaired) electrons. The monoisotopic (exact) mass is 154 g/mol. The zero-order chi connectivity index (χ0) is 7.94. The highest BCUT2D eigenvalue weighted by Gasteiger charge is 2.01. The Balaban J connectivity index is 2.09. The Morgan fingerprint density at radius 3 is 3.00 bits per heavy atom. The summed E-state index contributed by atoms with van der Waals surface area (Å²) in [4.78, 5) is 0. The van der Waals surface area contributed by atoms with Crippen LogP contribution in [0.5, 0.6) is 0 Å². The summed E-state index contributed by atoms with van der Waals surface area (Å²) < 4.78 is 0. The third-order valence-corrected chi connectivity index (χ3v) is 2.11. The molecule has 1 rings (SSSR count). The van der Waals surface area contributed by atoms with E-state index in [-0.39, 0.29) is 0 Å². The number of hydrogen-bond donors (Lipinski definition) is 2. The van der Waals surface area contributed by atoms with Crippen LogP contribution in [-0.4, -0.2) is 19.6 Å². The Morgan fingerprint density at radius 2 is 2.36 bits per heavy atom. The third-order valence-electron chi connectivity index (χ3n) is 2.11. The number of nitrogens with two attached hydrogens (primary N) is 1. The molecule has 0 saturated carbocycles. The molecule has 2 nitrogen and oxygen atoms in total. The zero-order valence-corrected chi connectivity index (χ0v) is 7.10. The highest BCUT2D eigenvalue weighted by molar-refractivity contribution is 5.06. The van der Waals surface area contributed by atoms with E-state index in [9.17, 15) is 0 Å². The lowest BCUT2D eigenvalue weighted by atomic mass is 10.0. The molecule has 2 heteroatoms. The lowest BCUT2D eigenvalue weighted by Crippen LogP contribution is -2.20. The van der Waals surface area contributed by atoms with E-state index in [0.717, 1.165) is 19.6 Å². The first-order chi connectivity index (χ1) is 5.43. The topological polar surface area (TPSA) is 38.0 Å². The fourth-order valence-corrected chi connectivity index (χ4v) is 1.39. The molecule has 0 aromatic rings. The van der Waals surface area contributed by atoms with Gasteiger partial charge < -0.3 is 11.1 Å². The van der Waals surface area contributed by atoms with E-state index in [4.69, 9.17) is 5.73 Å². The Labute approximate surface area is 68.9 Å². The van der Waals surface area contributed by atoms with Crippen molar-refractivity contribution in [3.05, 3.63) is 11.6 Å². The van der Waals surface area contributed by atoms with Crippen LogP contribution >= 0.6 is 0 Å². The van der Waals surface area contributed by atoms with Crippen molar-refractivity contribution in [2.45, 2.75) is 25.7 Å². The Morgan fingerprint density at radius 1 is 1.45 bits per heavy atom. The molecule has 0 bridgehead atoms. The van der Waals surface area contributed by atoms with Crippen LogP contribution in [0.1, 0.15) is 25.7 Å². The summed E-state index contributed by atoms with van der Waals surface area (Å²) in [5, 5.41) is 3.30. The average Bonchev–Trinajstić information content (AvgIpc) is 2.07. The summed E-state index contributed by atoms with van der Waals surface area (Å²) in [6.07, 6.45) is 7.26. The first kappa shape index (κ1) is 8.75. The van der Waals surface area contributed by atoms with E-state index in [1.807, 2.05) is 0 Å². The molecule has 0 saturated heterocycles. The minimum Gasteiger partial charge on any atom is -0.330 e. The molecule has 0 spiro atoms. The molecule has 1 aliphatic heterocycles. The summed E-state index contributed by atoms with van der Waals surface area (Å²) in [5.41, 5.74) is 7.03. The predicted octanol–water partition coefficient (Wildman–Crippen LogP) is 1.04. The minimum atomic E-state index is 0.839. The van der Waals surface area contributed by atoms with Crippen molar-refractivity contribution in [3.63, 3.8) is 0 Å². The summed E-state index contributed by atoms with van der Waals surface area (Å²) >= 11 is 0. The van der Waals surface area contributed by atoms with Crippen LogP contribution in [0, 0.1) is 0 Å². The molecule has 0 aromatic heterocycles. The summed E-state index contributed by atoms with van der Waals surface area (Å²) in [5.74, 6) is 0. The van der Waals surface area contributed by atoms with Gasteiger partial charge in [-0.2, -0.15) is 0 Å². The standard InChI is InChI=1S/C9H18N2/c10-6-2-1-3-9-4-7-11-8-5-9/h4,11H,1-3,5-8,10H2. The highest BCUT2D eigenvalue weighted by atomic mass is 14.8. The van der Waals surface area contributed by atoms with Crippen molar-refractivity contribution < 1.29 is 0 Å². The average molecular weight is 154 g/mol. The van der Waals surface area contributed by atoms with Crippen LogP contribution in [0.15, 0.2) is 11.6 Å². The van der Waals surface area contributed by atoms with Crippen molar-refractivity contribution in [2.75, 3.05) is 19.6 Å². The van der Waals surface area contributed by atoms with Gasteiger partial charge in [0.1, 0.15) is 0 Å². The fourth-order valence-electron chi connectivity index (χ4n) is 1.39. The third kappa shape index (κ3) is 3.54. The molecule has 1 heterocycles. The van der Waals surface area contributed by atoms with Crippen molar-refractivity contribution in [3.8, 4) is 0 Å². The highest BCUT2D eigenvalue weighted by Crippen LogP contribution is 2.12. The van der Waals surface area contributed by atoms with Crippen molar-refractivity contribution in [1.29, 1.82) is 0 Å². The predicted molar refractivity (Wildman–Crippen MR) is 48.5 cm³/mol. The van der Waals surface area contributed by atoms with Gasteiger partial charge >= 0.3 is 0 Å². The van der Waals surface area contributed by atoms with Crippen molar-refractivity contribution in [1.82, 2.24) is 5.32 Å². The summed E-state index contributed by atoms with van der Waals surface area (Å²) in [7, 11) is 0. The second-order valence-electron chi connectivity index (χ2n) is 3.06. The van der Waals surface area contributed by atoms with Crippen molar-refractivity contribution >= 4 is 0 Å². The number of nitrogens with one attached hydrogen (secondary N) is 1. The van der Waals surface area contributed by atoms with E-state index in [2.05, 4.69) is 11.4 Å². The maximum absolute atomic E-state index is 5.41. The van der Waals surface area contributed by atoms with E-state index in [1.54, 1.807) is 5.57 Å². The van der Waals surface area contributed by atoms with Gasteiger partial charge in [0.2, 0.25) is 0 Å². The van der Waals surface area contributed by atoms with Gasteiger partial charge in [-0.3, -0.25) is 0 Å². The normalized spacial score (nSPS) is 18.1. The number of hydrogen-bond acceptors (Lipinski definition) is 2. The molecule has 64 valence electrons. The first-order valence-electron chi connectivity index (χ1n) is 4.52. The van der Waals surface area contributed by atoms with E-state index in [1.165, 1.54) is 25.7 Å². The molecule has 0 fully saturated rings. The fraction of sp³-hybridized carbons (Fsp3) is 0.778. The van der Waals surface area contributed by atoms with Crippen molar-refractivity contribution in [2.24, 2.45) is 5.73 Å². The molecular weight excluding hydrogens is 136 g/mol.